The molecule has 0 unspecified atom stereocenters. The van der Waals surface area contributed by atoms with Gasteiger partial charge >= 0.3 is 0 Å². The lowest BCUT2D eigenvalue weighted by Crippen LogP contribution is -2.34. The minimum atomic E-state index is -0.268. The summed E-state index contributed by atoms with van der Waals surface area (Å²) in [6.45, 7) is 0. The van der Waals surface area contributed by atoms with Crippen molar-refractivity contribution in [3.8, 4) is 11.5 Å². The Hall–Kier alpha value is -4.10. The van der Waals surface area contributed by atoms with E-state index in [0.29, 0.717) is 28.2 Å². The van der Waals surface area contributed by atoms with E-state index in [1.165, 1.54) is 0 Å². The Balaban J connectivity index is 1.33. The number of aromatic nitrogens is 2. The Bertz CT molecular complexity index is 1420. The number of anilines is 1. The molecule has 0 aliphatic rings. The molecule has 150 valence electrons. The topological polar surface area (TPSA) is 80.0 Å². The highest BCUT2D eigenvalue weighted by molar-refractivity contribution is 7.80. The van der Waals surface area contributed by atoms with Gasteiger partial charge in [0.15, 0.2) is 10.7 Å². The second-order valence-electron chi connectivity index (χ2n) is 6.88. The van der Waals surface area contributed by atoms with Crippen LogP contribution in [-0.4, -0.2) is 21.0 Å². The van der Waals surface area contributed by atoms with Gasteiger partial charge < -0.3 is 9.73 Å². The van der Waals surface area contributed by atoms with Gasteiger partial charge in [0.25, 0.3) is 5.91 Å². The van der Waals surface area contributed by atoms with Gasteiger partial charge in [0.1, 0.15) is 5.52 Å². The molecule has 5 aromatic rings. The van der Waals surface area contributed by atoms with Gasteiger partial charge in [0, 0.05) is 23.6 Å². The van der Waals surface area contributed by atoms with Crippen LogP contribution < -0.4 is 10.6 Å². The highest BCUT2D eigenvalue weighted by Gasteiger charge is 2.13. The molecule has 2 heterocycles. The number of fused-ring (bicyclic) bond motifs is 2. The van der Waals surface area contributed by atoms with E-state index < -0.39 is 0 Å². The average Bonchev–Trinajstić information content (AvgIpc) is 3.22. The fraction of sp³-hybridized carbons (Fsp3) is 0. The van der Waals surface area contributed by atoms with E-state index in [0.717, 1.165) is 16.3 Å². The molecule has 2 N–H and O–H groups in total. The maximum absolute atomic E-state index is 12.8. The van der Waals surface area contributed by atoms with Crippen LogP contribution in [0.5, 0.6) is 0 Å². The van der Waals surface area contributed by atoms with Crippen LogP contribution in [0.2, 0.25) is 0 Å². The van der Waals surface area contributed by atoms with Crippen LogP contribution in [0.1, 0.15) is 10.4 Å². The quantitative estimate of drug-likeness (QED) is 0.389. The highest BCUT2D eigenvalue weighted by atomic mass is 32.1. The number of rotatable bonds is 3. The summed E-state index contributed by atoms with van der Waals surface area (Å²) in [7, 11) is 0. The van der Waals surface area contributed by atoms with Crippen molar-refractivity contribution < 1.29 is 9.21 Å². The number of pyridine rings is 1. The lowest BCUT2D eigenvalue weighted by atomic mass is 10.0. The predicted molar refractivity (Wildman–Crippen MR) is 125 cm³/mol. The third kappa shape index (κ3) is 3.86. The minimum absolute atomic E-state index is 0.202. The van der Waals surface area contributed by atoms with Crippen molar-refractivity contribution in [1.29, 1.82) is 0 Å². The Morgan fingerprint density at radius 3 is 2.71 bits per heavy atom. The lowest BCUT2D eigenvalue weighted by Gasteiger charge is -2.11. The first-order chi connectivity index (χ1) is 15.2. The van der Waals surface area contributed by atoms with Gasteiger partial charge in [0.05, 0.1) is 5.56 Å². The molecule has 0 radical (unpaired) electrons. The molecule has 0 bridgehead atoms. The number of benzene rings is 3. The summed E-state index contributed by atoms with van der Waals surface area (Å²) in [5.41, 5.74) is 3.38. The Labute approximate surface area is 182 Å². The van der Waals surface area contributed by atoms with E-state index in [-0.39, 0.29) is 11.0 Å². The first-order valence-electron chi connectivity index (χ1n) is 9.58. The molecule has 31 heavy (non-hydrogen) atoms. The number of hydrogen-bond donors (Lipinski definition) is 2. The largest absolute Gasteiger partial charge is 0.436 e. The van der Waals surface area contributed by atoms with Crippen molar-refractivity contribution in [3.05, 3.63) is 90.8 Å². The highest BCUT2D eigenvalue weighted by Crippen LogP contribution is 2.25. The van der Waals surface area contributed by atoms with Crippen LogP contribution >= 0.6 is 12.2 Å². The average molecular weight is 424 g/mol. The zero-order valence-electron chi connectivity index (χ0n) is 16.2. The van der Waals surface area contributed by atoms with Gasteiger partial charge in [-0.3, -0.25) is 15.1 Å². The molecule has 1 amide bonds. The molecule has 6 nitrogen and oxygen atoms in total. The molecule has 0 spiro atoms. The predicted octanol–water partition coefficient (Wildman–Crippen LogP) is 5.17. The molecule has 0 atom stereocenters. The zero-order chi connectivity index (χ0) is 21.2. The Morgan fingerprint density at radius 1 is 0.968 bits per heavy atom. The molecule has 3 aromatic carbocycles. The summed E-state index contributed by atoms with van der Waals surface area (Å²) < 4.78 is 5.80. The number of carbonyl (C=O) groups is 1. The Morgan fingerprint density at radius 2 is 1.84 bits per heavy atom. The zero-order valence-corrected chi connectivity index (χ0v) is 17.0. The number of hydrogen-bond acceptors (Lipinski definition) is 5. The molecule has 7 heteroatoms. The van der Waals surface area contributed by atoms with Gasteiger partial charge in [-0.2, -0.15) is 0 Å². The van der Waals surface area contributed by atoms with Crippen molar-refractivity contribution in [2.24, 2.45) is 0 Å². The summed E-state index contributed by atoms with van der Waals surface area (Å²) in [5, 5.41) is 7.85. The van der Waals surface area contributed by atoms with Gasteiger partial charge in [-0.15, -0.1) is 0 Å². The third-order valence-corrected chi connectivity index (χ3v) is 5.02. The van der Waals surface area contributed by atoms with E-state index in [2.05, 4.69) is 20.6 Å². The number of oxazole rings is 1. The molecular formula is C24H16N4O2S. The summed E-state index contributed by atoms with van der Waals surface area (Å²) in [5.74, 6) is 0.225. The normalized spacial score (nSPS) is 10.8. The van der Waals surface area contributed by atoms with Crippen LogP contribution in [0.15, 0.2) is 89.6 Å². The van der Waals surface area contributed by atoms with Gasteiger partial charge in [-0.1, -0.05) is 36.4 Å². The minimum Gasteiger partial charge on any atom is -0.436 e. The number of carbonyl (C=O) groups excluding carboxylic acids is 1. The van der Waals surface area contributed by atoms with Crippen molar-refractivity contribution in [2.75, 3.05) is 5.32 Å². The van der Waals surface area contributed by atoms with E-state index in [4.69, 9.17) is 16.6 Å². The van der Waals surface area contributed by atoms with E-state index in [9.17, 15) is 4.79 Å². The summed E-state index contributed by atoms with van der Waals surface area (Å²) >= 11 is 5.34. The van der Waals surface area contributed by atoms with Crippen molar-refractivity contribution >= 4 is 50.8 Å². The second-order valence-corrected chi connectivity index (χ2v) is 7.29. The molecule has 0 aliphatic carbocycles. The fourth-order valence-corrected chi connectivity index (χ4v) is 3.58. The van der Waals surface area contributed by atoms with Crippen molar-refractivity contribution in [1.82, 2.24) is 15.3 Å². The Kier molecular flexibility index (Phi) is 4.86. The van der Waals surface area contributed by atoms with Gasteiger partial charge in [0.2, 0.25) is 5.89 Å². The van der Waals surface area contributed by atoms with Crippen LogP contribution in [-0.2, 0) is 0 Å². The number of nitrogens with zero attached hydrogens (tertiary/aromatic N) is 2. The molecule has 2 aromatic heterocycles. The first kappa shape index (κ1) is 18.9. The van der Waals surface area contributed by atoms with E-state index in [1.54, 1.807) is 24.5 Å². The SMILES string of the molecule is O=C(NC(=S)Nc1ccc2oc(-c3cccnc3)nc2c1)c1cccc2ccccc12. The summed E-state index contributed by atoms with van der Waals surface area (Å²) in [6, 6.07) is 22.5. The first-order valence-corrected chi connectivity index (χ1v) is 9.99. The van der Waals surface area contributed by atoms with E-state index >= 15 is 0 Å². The van der Waals surface area contributed by atoms with E-state index in [1.807, 2.05) is 60.7 Å². The summed E-state index contributed by atoms with van der Waals surface area (Å²) in [6.07, 6.45) is 3.39. The second kappa shape index (κ2) is 7.97. The standard InChI is InChI=1S/C24H16N4O2S/c29-22(19-9-3-6-15-5-1-2-8-18(15)19)28-24(31)26-17-10-11-21-20(13-17)27-23(30-21)16-7-4-12-25-14-16/h1-14H,(H2,26,28,29,31). The molecule has 0 saturated heterocycles. The molecule has 0 aliphatic heterocycles. The maximum Gasteiger partial charge on any atom is 0.258 e. The fourth-order valence-electron chi connectivity index (χ4n) is 3.37. The molecule has 0 fully saturated rings. The summed E-state index contributed by atoms with van der Waals surface area (Å²) in [4.78, 5) is 21.4. The van der Waals surface area contributed by atoms with Gasteiger partial charge in [-0.05, 0) is 59.4 Å². The van der Waals surface area contributed by atoms with Crippen LogP contribution in [0, 0.1) is 0 Å². The third-order valence-electron chi connectivity index (χ3n) is 4.82. The molecule has 0 saturated carbocycles. The number of nitrogens with one attached hydrogen (secondary N) is 2. The molecular weight excluding hydrogens is 408 g/mol. The smallest absolute Gasteiger partial charge is 0.258 e. The van der Waals surface area contributed by atoms with Crippen molar-refractivity contribution in [2.45, 2.75) is 0 Å². The molecule has 5 rings (SSSR count). The lowest BCUT2D eigenvalue weighted by molar-refractivity contribution is 0.0979. The van der Waals surface area contributed by atoms with Crippen LogP contribution in [0.3, 0.4) is 0 Å². The number of amides is 1. The van der Waals surface area contributed by atoms with Crippen molar-refractivity contribution in [3.63, 3.8) is 0 Å². The van der Waals surface area contributed by atoms with Crippen LogP contribution in [0.25, 0.3) is 33.3 Å². The van der Waals surface area contributed by atoms with Gasteiger partial charge in [-0.25, -0.2) is 4.98 Å². The monoisotopic (exact) mass is 424 g/mol. The maximum atomic E-state index is 12.8. The number of thiocarbonyl (C=S) groups is 1. The van der Waals surface area contributed by atoms with Crippen LogP contribution in [0.4, 0.5) is 5.69 Å².